The number of ether oxygens (including phenoxy) is 10. The number of benzene rings is 7. The molecule has 3 aliphatic heterocycles. The summed E-state index contributed by atoms with van der Waals surface area (Å²) in [6.45, 7) is 85.5. The van der Waals surface area contributed by atoms with Crippen molar-refractivity contribution in [3.05, 3.63) is 191 Å². The first-order chi connectivity index (χ1) is 67.5. The van der Waals surface area contributed by atoms with Crippen LogP contribution >= 0.6 is 0 Å². The fourth-order valence-electron chi connectivity index (χ4n) is 13.6. The van der Waals surface area contributed by atoms with Crippen molar-refractivity contribution in [1.29, 1.82) is 0 Å². The molecule has 3 N–H and O–H groups in total. The smallest absolute Gasteiger partial charge is 0.311 e. The van der Waals surface area contributed by atoms with Crippen LogP contribution in [0.4, 0.5) is 5.69 Å². The molecule has 10 rings (SSSR count). The van der Waals surface area contributed by atoms with Crippen molar-refractivity contribution in [1.82, 2.24) is 0 Å². The molecule has 15 atom stereocenters. The number of hydrogen-bond acceptors (Lipinski definition) is 26. The van der Waals surface area contributed by atoms with Crippen LogP contribution in [0.3, 0.4) is 0 Å². The number of nitro benzene ring substituents is 1. The molecule has 0 unspecified atom stereocenters. The Labute approximate surface area is 907 Å². The first kappa shape index (κ1) is 137. The normalized spacial score (nSPS) is 21.1. The Morgan fingerprint density at radius 2 is 0.640 bits per heavy atom. The zero-order chi connectivity index (χ0) is 112. The van der Waals surface area contributed by atoms with E-state index >= 15 is 0 Å². The Balaban J connectivity index is 0.000000610. The Hall–Kier alpha value is -9.25. The van der Waals surface area contributed by atoms with Crippen molar-refractivity contribution in [3.63, 3.8) is 0 Å². The van der Waals surface area contributed by atoms with E-state index < -0.39 is 122 Å². The van der Waals surface area contributed by atoms with Gasteiger partial charge in [0.1, 0.15) is 71.7 Å². The number of carbonyl (C=O) groups is 5. The maximum atomic E-state index is 12.2. The van der Waals surface area contributed by atoms with Gasteiger partial charge < -0.3 is 94.0 Å². The Kier molecular flexibility index (Phi) is 52.2. The minimum Gasteiger partial charge on any atom is -0.541 e. The average molecular weight is 2200 g/mol. The summed E-state index contributed by atoms with van der Waals surface area (Å²) < 4.78 is 96.7. The lowest BCUT2D eigenvalue weighted by Gasteiger charge is -2.44. The summed E-state index contributed by atoms with van der Waals surface area (Å²) >= 11 is 0. The number of carbonyl (C=O) groups excluding carboxylic acids is 5. The molecule has 0 spiro atoms. The minimum absolute atomic E-state index is 0. The van der Waals surface area contributed by atoms with Gasteiger partial charge in [-0.15, -0.1) is 0 Å². The quantitative estimate of drug-likeness (QED) is 0.0119. The zero-order valence-corrected chi connectivity index (χ0v) is 102. The molecule has 0 amide bonds. The van der Waals surface area contributed by atoms with Crippen molar-refractivity contribution in [3.8, 4) is 63.2 Å². The molecule has 7 aromatic rings. The van der Waals surface area contributed by atoms with Crippen molar-refractivity contribution in [2.24, 2.45) is 23.7 Å². The fourth-order valence-corrected chi connectivity index (χ4v) is 19.8. The van der Waals surface area contributed by atoms with E-state index in [-0.39, 0.29) is 124 Å². The number of Topliss-reactive ketones (excluding diaryl/α,β-unsaturated/α-hetero) is 2. The van der Waals surface area contributed by atoms with E-state index in [2.05, 4.69) is 236 Å². The Morgan fingerprint density at radius 3 is 0.980 bits per heavy atom. The number of hydrogen-bond donors (Lipinski definition) is 3. The average Bonchev–Trinajstić information content (AvgIpc) is 0.735. The summed E-state index contributed by atoms with van der Waals surface area (Å²) in [6.07, 6.45) is -7.01. The van der Waals surface area contributed by atoms with Crippen LogP contribution in [0.5, 0.6) is 63.2 Å². The lowest BCUT2D eigenvalue weighted by molar-refractivity contribution is -0.385. The summed E-state index contributed by atoms with van der Waals surface area (Å²) in [5.41, 5.74) is 2.49. The minimum atomic E-state index is -2.08. The maximum absolute atomic E-state index is 12.2. The van der Waals surface area contributed by atoms with Crippen LogP contribution < -0.4 is 50.2 Å². The summed E-state index contributed by atoms with van der Waals surface area (Å²) in [4.78, 5) is 68.5. The highest BCUT2D eigenvalue weighted by Crippen LogP contribution is 2.49. The van der Waals surface area contributed by atoms with Gasteiger partial charge in [0.2, 0.25) is 18.9 Å². The van der Waals surface area contributed by atoms with E-state index in [1.807, 2.05) is 143 Å². The third-order valence-electron chi connectivity index (χ3n) is 29.9. The van der Waals surface area contributed by atoms with Crippen LogP contribution in [0.15, 0.2) is 170 Å². The van der Waals surface area contributed by atoms with E-state index in [1.54, 1.807) is 36.4 Å². The van der Waals surface area contributed by atoms with E-state index in [9.17, 15) is 49.4 Å². The largest absolute Gasteiger partial charge is 0.541 e. The monoisotopic (exact) mass is 2190 g/mol. The number of nitro groups is 1. The predicted octanol–water partition coefficient (Wildman–Crippen LogP) is 29.6. The molecule has 3 saturated heterocycles. The van der Waals surface area contributed by atoms with Crippen LogP contribution in [0.25, 0.3) is 0 Å². The third kappa shape index (κ3) is 39.6. The molecule has 27 nitrogen and oxygen atoms in total. The van der Waals surface area contributed by atoms with Crippen LogP contribution in [0.1, 0.15) is 253 Å². The van der Waals surface area contributed by atoms with E-state index in [0.717, 1.165) is 23.7 Å². The van der Waals surface area contributed by atoms with Gasteiger partial charge in [0, 0.05) is 50.0 Å². The van der Waals surface area contributed by atoms with Crippen LogP contribution in [0, 0.1) is 40.7 Å². The first-order valence-corrected chi connectivity index (χ1v) is 69.0. The molecule has 0 radical (unpaired) electrons. The fraction of sp³-hybridized carbons (Fsp3) is 0.598. The summed E-state index contributed by atoms with van der Waals surface area (Å²) in [5, 5.41) is 41.6. The number of para-hydroxylation sites is 12. The molecule has 0 aromatic heterocycles. The van der Waals surface area contributed by atoms with Crippen molar-refractivity contribution < 1.29 is 118 Å². The van der Waals surface area contributed by atoms with E-state index in [0.29, 0.717) is 59.0 Å². The molecular formula is C117H191NO26Si6. The number of aliphatic hydroxyl groups is 3. The zero-order valence-electron chi connectivity index (χ0n) is 96.0. The van der Waals surface area contributed by atoms with Gasteiger partial charge in [0.15, 0.2) is 46.4 Å². The number of aliphatic hydroxyl groups excluding tert-OH is 3. The Bertz CT molecular complexity index is 5370. The number of ketones is 2. The van der Waals surface area contributed by atoms with Crippen LogP contribution in [-0.2, 0) is 54.3 Å². The summed E-state index contributed by atoms with van der Waals surface area (Å²) in [5.74, 6) is 5.43. The lowest BCUT2D eigenvalue weighted by Crippen LogP contribution is -2.59. The predicted molar refractivity (Wildman–Crippen MR) is 618 cm³/mol. The second kappa shape index (κ2) is 57.3. The van der Waals surface area contributed by atoms with Crippen LogP contribution in [0.2, 0.25) is 109 Å². The lowest BCUT2D eigenvalue weighted by atomic mass is 9.83. The highest BCUT2D eigenvalue weighted by atomic mass is 28.4. The van der Waals surface area contributed by atoms with E-state index in [1.165, 1.54) is 44.9 Å². The maximum Gasteiger partial charge on any atom is 0.311 e. The van der Waals surface area contributed by atoms with Gasteiger partial charge in [0.05, 0.1) is 23.6 Å². The van der Waals surface area contributed by atoms with Gasteiger partial charge in [0.25, 0.3) is 49.9 Å². The molecule has 3 fully saturated rings. The molecule has 33 heteroatoms. The summed E-state index contributed by atoms with van der Waals surface area (Å²) in [7, 11) is -12.1. The van der Waals surface area contributed by atoms with Gasteiger partial charge in [-0.2, -0.15) is 0 Å². The molecule has 844 valence electrons. The van der Waals surface area contributed by atoms with Gasteiger partial charge in [-0.1, -0.05) is 286 Å². The Morgan fingerprint density at radius 1 is 0.353 bits per heavy atom. The number of aryl methyl sites for hydroxylation is 1. The number of esters is 3. The van der Waals surface area contributed by atoms with Crippen molar-refractivity contribution in [2.75, 3.05) is 0 Å². The standard InChI is InChI=1S/C23H36O6Si.C23H38O5Si.C20H28O2Si.C19H32O6Si.C17H26O4Si.C12H19NO3Si.3CH4/c1-14-15(2)22(28-21(16(3)24)20(14)26-17(4)25)27-18-12-10-11-13-19(18)29-30(8,9)23(5,6)7;1-10-18-21(25-17(4)24)15(2)16(3)22(26-18)27-19-13-11-12-14-20(19)28-29(8,9)23(5,6)7;1-16-11-7-8-12-17(16)15-21-18-13-9-10-14-19(18)22-23(5,6)20(2,3)4;1-7-12-15(20)16(21)17(22)18(23-12)24-13-10-8-9-11-14(13)25-26(5,6)19(2,3)4;1-13(18)11-12-16(19)20-14-9-7-8-10-15(14)21-22(5,6)17(2,3)4;1-12(2,3)17(4,5)16-11-9-7-6-8-10(11)13(14)15;;;/h10-15,20-22H,1-9H3;11-16,18,21-22H,10H2,1-9H3;7-14H,15H2,1-6H3;8-12,15-18,20-22H,7H2,1-6H3;7-10H,11-12H2,1-6H3;6-9H,1-5H3;3*1H4/t14-,15-,20+,21-,22-;15-,16-,18-,21-,22+;;12-,15+,16+,17-,18+;;;;;/m11.1...../s1. The highest BCUT2D eigenvalue weighted by molar-refractivity contribution is 6.77. The highest BCUT2D eigenvalue weighted by Gasteiger charge is 2.52. The second-order valence-corrected chi connectivity index (χ2v) is 76.2. The van der Waals surface area contributed by atoms with Crippen molar-refractivity contribution >= 4 is 85.1 Å². The molecule has 0 saturated carbocycles. The molecule has 0 bridgehead atoms. The molecule has 150 heavy (non-hydrogen) atoms. The molecule has 3 aliphatic rings. The summed E-state index contributed by atoms with van der Waals surface area (Å²) in [6, 6.07) is 52.6. The third-order valence-corrected chi connectivity index (χ3v) is 56.0. The SMILES string of the molecule is C.C.C.CC(=O)CCC(=O)Oc1ccccc1O[Si](C)(C)C(C)(C)C.CC(=O)O[C@H]1[C@H](C)[C@@H](C)[C@H](Oc2ccccc2O[Si](C)(C)C(C)(C)C)O[C@@H]1C(C)=O.CC(C)(C)[Si](C)(C)Oc1ccccc1[N+](=O)[O-].CC[C@H]1O[C@@H](Oc2ccccc2O[Si](C)(C)C(C)(C)C)[C@H](C)[C@@H](C)[C@H]1OC(C)=O.CC[C@H]1O[C@@H](Oc2ccccc2O[Si](C)(C)C(C)(C)C)[C@H](O)[C@@H](O)[C@H]1O.Cc1ccccc1COc1ccccc1O[Si](C)(C)C(C)(C)C. The molecule has 0 aliphatic carbocycles. The van der Waals surface area contributed by atoms with E-state index in [4.69, 9.17) is 73.9 Å². The van der Waals surface area contributed by atoms with Gasteiger partial charge >= 0.3 is 23.6 Å². The number of nitrogens with zero attached hydrogens (tertiary/aromatic N) is 1. The van der Waals surface area contributed by atoms with Gasteiger partial charge in [-0.05, 0) is 220 Å². The first-order valence-electron chi connectivity index (χ1n) is 51.5. The molecule has 7 aromatic carbocycles. The topological polar surface area (TPSA) is 337 Å². The van der Waals surface area contributed by atoms with Gasteiger partial charge in [-0.25, -0.2) is 0 Å². The second-order valence-electron chi connectivity index (χ2n) is 47.9. The van der Waals surface area contributed by atoms with Crippen LogP contribution in [-0.4, -0.2) is 167 Å². The van der Waals surface area contributed by atoms with Crippen molar-refractivity contribution in [2.45, 2.75) is 432 Å². The molecule has 3 heterocycles. The number of rotatable bonds is 31. The van der Waals surface area contributed by atoms with Gasteiger partial charge in [-0.3, -0.25) is 29.3 Å². The molecular weight excluding hydrogens is 2000 g/mol.